The molecule has 4 nitrogen and oxygen atoms in total. The van der Waals surface area contributed by atoms with Crippen LogP contribution in [0.4, 0.5) is 10.1 Å². The first kappa shape index (κ1) is 10.5. The van der Waals surface area contributed by atoms with Crippen molar-refractivity contribution in [2.24, 2.45) is 5.73 Å². The van der Waals surface area contributed by atoms with E-state index in [4.69, 9.17) is 10.8 Å². The van der Waals surface area contributed by atoms with Gasteiger partial charge in [-0.1, -0.05) is 12.1 Å². The molecular formula is C9H11FN2O2. The van der Waals surface area contributed by atoms with Crippen LogP contribution in [0.3, 0.4) is 0 Å². The van der Waals surface area contributed by atoms with Crippen LogP contribution in [0.2, 0.25) is 0 Å². The Hall–Kier alpha value is -1.62. The lowest BCUT2D eigenvalue weighted by Gasteiger charge is -2.13. The number of rotatable bonds is 4. The maximum absolute atomic E-state index is 13.1. The van der Waals surface area contributed by atoms with Crippen molar-refractivity contribution < 1.29 is 14.3 Å². The first-order chi connectivity index (χ1) is 6.65. The summed E-state index contributed by atoms with van der Waals surface area (Å²) in [6, 6.07) is 4.88. The van der Waals surface area contributed by atoms with Gasteiger partial charge < -0.3 is 16.2 Å². The number of carboxylic acid groups (broad SMARTS) is 1. The van der Waals surface area contributed by atoms with E-state index in [1.54, 1.807) is 6.07 Å². The fourth-order valence-corrected chi connectivity index (χ4v) is 0.987. The summed E-state index contributed by atoms with van der Waals surface area (Å²) >= 11 is 0. The molecule has 0 aliphatic carbocycles. The van der Waals surface area contributed by atoms with Gasteiger partial charge in [-0.2, -0.15) is 0 Å². The molecule has 0 aliphatic rings. The SMILES string of the molecule is NCC(Nc1ccccc1F)C(=O)O. The third-order valence-corrected chi connectivity index (χ3v) is 1.74. The molecule has 0 spiro atoms. The Kier molecular flexibility index (Phi) is 3.41. The second-order valence-corrected chi connectivity index (χ2v) is 2.75. The standard InChI is InChI=1S/C9H11FN2O2/c10-6-3-1-2-4-7(6)12-8(5-11)9(13)14/h1-4,8,12H,5,11H2,(H,13,14). The molecule has 0 aliphatic heterocycles. The summed E-state index contributed by atoms with van der Waals surface area (Å²) in [5.74, 6) is -1.59. The monoisotopic (exact) mass is 198 g/mol. The van der Waals surface area contributed by atoms with Gasteiger partial charge in [-0.25, -0.2) is 9.18 Å². The average Bonchev–Trinajstić information content (AvgIpc) is 2.16. The Balaban J connectivity index is 2.77. The fraction of sp³-hybridized carbons (Fsp3) is 0.222. The zero-order valence-corrected chi connectivity index (χ0v) is 7.40. The van der Waals surface area contributed by atoms with E-state index in [1.807, 2.05) is 0 Å². The highest BCUT2D eigenvalue weighted by Gasteiger charge is 2.15. The minimum Gasteiger partial charge on any atom is -0.480 e. The van der Waals surface area contributed by atoms with Crippen molar-refractivity contribution in [3.8, 4) is 0 Å². The molecule has 0 bridgehead atoms. The molecule has 0 aromatic heterocycles. The number of aliphatic carboxylic acids is 1. The van der Waals surface area contributed by atoms with E-state index in [-0.39, 0.29) is 12.2 Å². The molecule has 0 fully saturated rings. The predicted molar refractivity (Wildman–Crippen MR) is 50.5 cm³/mol. The van der Waals surface area contributed by atoms with Gasteiger partial charge in [-0.3, -0.25) is 0 Å². The van der Waals surface area contributed by atoms with E-state index in [1.165, 1.54) is 18.2 Å². The van der Waals surface area contributed by atoms with Crippen molar-refractivity contribution in [1.82, 2.24) is 0 Å². The quantitative estimate of drug-likeness (QED) is 0.664. The van der Waals surface area contributed by atoms with Crippen LogP contribution in [0.5, 0.6) is 0 Å². The number of para-hydroxylation sites is 1. The van der Waals surface area contributed by atoms with Crippen LogP contribution >= 0.6 is 0 Å². The molecule has 0 radical (unpaired) electrons. The lowest BCUT2D eigenvalue weighted by atomic mass is 10.2. The number of anilines is 1. The average molecular weight is 198 g/mol. The Bertz CT molecular complexity index is 330. The molecule has 0 saturated carbocycles. The molecule has 76 valence electrons. The molecule has 0 amide bonds. The highest BCUT2D eigenvalue weighted by atomic mass is 19.1. The molecule has 1 atom stereocenters. The highest BCUT2D eigenvalue weighted by molar-refractivity contribution is 5.77. The van der Waals surface area contributed by atoms with E-state index in [9.17, 15) is 9.18 Å². The second kappa shape index (κ2) is 4.57. The summed E-state index contributed by atoms with van der Waals surface area (Å²) in [6.45, 7) is -0.0936. The third-order valence-electron chi connectivity index (χ3n) is 1.74. The van der Waals surface area contributed by atoms with E-state index < -0.39 is 17.8 Å². The van der Waals surface area contributed by atoms with Gasteiger partial charge in [-0.05, 0) is 12.1 Å². The van der Waals surface area contributed by atoms with Crippen molar-refractivity contribution in [2.75, 3.05) is 11.9 Å². The molecule has 1 aromatic rings. The van der Waals surface area contributed by atoms with E-state index in [2.05, 4.69) is 5.32 Å². The van der Waals surface area contributed by atoms with Gasteiger partial charge in [0.2, 0.25) is 0 Å². The number of carbonyl (C=O) groups is 1. The summed E-state index contributed by atoms with van der Waals surface area (Å²) in [7, 11) is 0. The smallest absolute Gasteiger partial charge is 0.327 e. The number of hydrogen-bond acceptors (Lipinski definition) is 3. The fourth-order valence-electron chi connectivity index (χ4n) is 0.987. The summed E-state index contributed by atoms with van der Waals surface area (Å²) < 4.78 is 13.1. The third kappa shape index (κ3) is 2.43. The number of hydrogen-bond donors (Lipinski definition) is 3. The van der Waals surface area contributed by atoms with Crippen LogP contribution in [-0.2, 0) is 4.79 Å². The zero-order valence-electron chi connectivity index (χ0n) is 7.40. The van der Waals surface area contributed by atoms with Crippen molar-refractivity contribution in [2.45, 2.75) is 6.04 Å². The molecular weight excluding hydrogens is 187 g/mol. The molecule has 1 rings (SSSR count). The Morgan fingerprint density at radius 3 is 2.71 bits per heavy atom. The van der Waals surface area contributed by atoms with Crippen LogP contribution in [0.1, 0.15) is 0 Å². The molecule has 0 heterocycles. The van der Waals surface area contributed by atoms with Crippen molar-refractivity contribution in [3.63, 3.8) is 0 Å². The summed E-state index contributed by atoms with van der Waals surface area (Å²) in [4.78, 5) is 10.6. The van der Waals surface area contributed by atoms with Crippen LogP contribution < -0.4 is 11.1 Å². The maximum Gasteiger partial charge on any atom is 0.327 e. The summed E-state index contributed by atoms with van der Waals surface area (Å²) in [5, 5.41) is 11.2. The summed E-state index contributed by atoms with van der Waals surface area (Å²) in [5.41, 5.74) is 5.35. The molecule has 5 heteroatoms. The zero-order chi connectivity index (χ0) is 10.6. The van der Waals surface area contributed by atoms with Gasteiger partial charge in [-0.15, -0.1) is 0 Å². The highest BCUT2D eigenvalue weighted by Crippen LogP contribution is 2.13. The molecule has 0 saturated heterocycles. The Labute approximate surface area is 80.5 Å². The first-order valence-corrected chi connectivity index (χ1v) is 4.09. The van der Waals surface area contributed by atoms with Crippen LogP contribution in [0.25, 0.3) is 0 Å². The second-order valence-electron chi connectivity index (χ2n) is 2.75. The van der Waals surface area contributed by atoms with Gasteiger partial charge in [0.05, 0.1) is 5.69 Å². The minimum atomic E-state index is -1.10. The van der Waals surface area contributed by atoms with E-state index in [0.717, 1.165) is 0 Å². The largest absolute Gasteiger partial charge is 0.480 e. The van der Waals surface area contributed by atoms with Gasteiger partial charge in [0.25, 0.3) is 0 Å². The number of halogens is 1. The number of nitrogens with two attached hydrogens (primary N) is 1. The molecule has 14 heavy (non-hydrogen) atoms. The van der Waals surface area contributed by atoms with Gasteiger partial charge >= 0.3 is 5.97 Å². The topological polar surface area (TPSA) is 75.3 Å². The van der Waals surface area contributed by atoms with Crippen molar-refractivity contribution >= 4 is 11.7 Å². The molecule has 4 N–H and O–H groups in total. The minimum absolute atomic E-state index is 0.0936. The van der Waals surface area contributed by atoms with Crippen LogP contribution in [-0.4, -0.2) is 23.7 Å². The van der Waals surface area contributed by atoms with Crippen molar-refractivity contribution in [3.05, 3.63) is 30.1 Å². The number of nitrogens with one attached hydrogen (secondary N) is 1. The number of carboxylic acids is 1. The van der Waals surface area contributed by atoms with E-state index in [0.29, 0.717) is 0 Å². The van der Waals surface area contributed by atoms with Crippen LogP contribution in [0.15, 0.2) is 24.3 Å². The molecule has 1 aromatic carbocycles. The lowest BCUT2D eigenvalue weighted by Crippen LogP contribution is -2.36. The van der Waals surface area contributed by atoms with Gasteiger partial charge in [0, 0.05) is 6.54 Å². The first-order valence-electron chi connectivity index (χ1n) is 4.09. The van der Waals surface area contributed by atoms with Crippen LogP contribution in [0, 0.1) is 5.82 Å². The van der Waals surface area contributed by atoms with E-state index >= 15 is 0 Å². The molecule has 1 unspecified atom stereocenters. The van der Waals surface area contributed by atoms with Gasteiger partial charge in [0.15, 0.2) is 0 Å². The number of benzene rings is 1. The summed E-state index contributed by atoms with van der Waals surface area (Å²) in [6.07, 6.45) is 0. The predicted octanol–water partition coefficient (Wildman–Crippen LogP) is 0.649. The van der Waals surface area contributed by atoms with Gasteiger partial charge in [0.1, 0.15) is 11.9 Å². The lowest BCUT2D eigenvalue weighted by molar-refractivity contribution is -0.137. The Morgan fingerprint density at radius 1 is 1.57 bits per heavy atom. The maximum atomic E-state index is 13.1. The normalized spacial score (nSPS) is 12.1. The van der Waals surface area contributed by atoms with Crippen molar-refractivity contribution in [1.29, 1.82) is 0 Å². The Morgan fingerprint density at radius 2 is 2.21 bits per heavy atom.